The van der Waals surface area contributed by atoms with Crippen LogP contribution in [0.4, 0.5) is 0 Å². The van der Waals surface area contributed by atoms with Crippen LogP contribution in [0.5, 0.6) is 5.75 Å². The largest absolute Gasteiger partial charge is 0.497 e. The second kappa shape index (κ2) is 9.18. The molecule has 1 aromatic rings. The van der Waals surface area contributed by atoms with E-state index in [1.165, 1.54) is 0 Å². The van der Waals surface area contributed by atoms with E-state index in [0.717, 1.165) is 36.6 Å². The van der Waals surface area contributed by atoms with Crippen LogP contribution >= 0.6 is 24.2 Å². The van der Waals surface area contributed by atoms with Crippen LogP contribution in [0.25, 0.3) is 0 Å². The van der Waals surface area contributed by atoms with Gasteiger partial charge in [0.15, 0.2) is 0 Å². The van der Waals surface area contributed by atoms with E-state index in [2.05, 4.69) is 5.32 Å². The molecule has 118 valence electrons. The molecular formula is C15H23ClN2O2S. The van der Waals surface area contributed by atoms with Gasteiger partial charge in [-0.3, -0.25) is 4.79 Å². The maximum absolute atomic E-state index is 12.2. The highest BCUT2D eigenvalue weighted by Crippen LogP contribution is 2.23. The van der Waals surface area contributed by atoms with Crippen LogP contribution in [0.15, 0.2) is 29.2 Å². The molecule has 0 bridgehead atoms. The molecule has 2 rings (SSSR count). The van der Waals surface area contributed by atoms with Crippen molar-refractivity contribution in [3.63, 3.8) is 0 Å². The second-order valence-corrected chi connectivity index (χ2v) is 5.98. The normalized spacial score (nSPS) is 18.0. The highest BCUT2D eigenvalue weighted by atomic mass is 35.5. The van der Waals surface area contributed by atoms with Crippen LogP contribution in [0, 0.1) is 0 Å². The van der Waals surface area contributed by atoms with Gasteiger partial charge in [0.2, 0.25) is 5.91 Å². The summed E-state index contributed by atoms with van der Waals surface area (Å²) in [5, 5.41) is 3.26. The molecule has 0 aromatic heterocycles. The fourth-order valence-electron chi connectivity index (χ4n) is 2.37. The summed E-state index contributed by atoms with van der Waals surface area (Å²) in [5.74, 6) is 1.54. The number of likely N-dealkylation sites (tertiary alicyclic amines) is 1. The molecule has 0 saturated carbocycles. The Kier molecular flexibility index (Phi) is 7.93. The number of methoxy groups -OCH3 is 1. The summed E-state index contributed by atoms with van der Waals surface area (Å²) < 4.78 is 5.19. The van der Waals surface area contributed by atoms with Gasteiger partial charge in [0.05, 0.1) is 12.9 Å². The predicted molar refractivity (Wildman–Crippen MR) is 89.6 cm³/mol. The zero-order chi connectivity index (χ0) is 14.4. The maximum atomic E-state index is 12.2. The minimum atomic E-state index is 0. The number of likely N-dealkylation sites (N-methyl/N-ethyl adjacent to an activating group) is 1. The molecule has 1 aromatic carbocycles. The molecule has 1 aliphatic heterocycles. The Balaban J connectivity index is 0.00000220. The molecule has 0 spiro atoms. The van der Waals surface area contributed by atoms with Crippen molar-refractivity contribution in [1.29, 1.82) is 0 Å². The van der Waals surface area contributed by atoms with Gasteiger partial charge >= 0.3 is 0 Å². The van der Waals surface area contributed by atoms with Crippen molar-refractivity contribution in [2.45, 2.75) is 23.8 Å². The van der Waals surface area contributed by atoms with E-state index < -0.39 is 0 Å². The van der Waals surface area contributed by atoms with Crippen molar-refractivity contribution >= 4 is 30.1 Å². The Labute approximate surface area is 137 Å². The lowest BCUT2D eigenvalue weighted by atomic mass is 10.1. The number of halogens is 1. The summed E-state index contributed by atoms with van der Waals surface area (Å²) >= 11 is 1.57. The highest BCUT2D eigenvalue weighted by molar-refractivity contribution is 8.00. The lowest BCUT2D eigenvalue weighted by Crippen LogP contribution is -2.47. The predicted octanol–water partition coefficient (Wildman–Crippen LogP) is 2.42. The van der Waals surface area contributed by atoms with Gasteiger partial charge in [0.25, 0.3) is 0 Å². The fourth-order valence-corrected chi connectivity index (χ4v) is 3.21. The van der Waals surface area contributed by atoms with Gasteiger partial charge in [-0.05, 0) is 38.1 Å². The summed E-state index contributed by atoms with van der Waals surface area (Å²) in [6, 6.07) is 8.27. The molecule has 6 heteroatoms. The van der Waals surface area contributed by atoms with Gasteiger partial charge < -0.3 is 15.0 Å². The second-order valence-electron chi connectivity index (χ2n) is 4.94. The van der Waals surface area contributed by atoms with E-state index in [0.29, 0.717) is 11.8 Å². The summed E-state index contributed by atoms with van der Waals surface area (Å²) in [5.41, 5.74) is 0. The molecule has 1 saturated heterocycles. The van der Waals surface area contributed by atoms with E-state index in [1.54, 1.807) is 18.9 Å². The van der Waals surface area contributed by atoms with Crippen molar-refractivity contribution in [1.82, 2.24) is 10.2 Å². The summed E-state index contributed by atoms with van der Waals surface area (Å²) in [7, 11) is 3.62. The first-order valence-corrected chi connectivity index (χ1v) is 7.93. The number of nitrogens with zero attached hydrogens (tertiary/aromatic N) is 1. The molecule has 0 radical (unpaired) electrons. The van der Waals surface area contributed by atoms with Crippen molar-refractivity contribution in [3.8, 4) is 5.75 Å². The van der Waals surface area contributed by atoms with Gasteiger partial charge in [0.1, 0.15) is 5.75 Å². The molecule has 21 heavy (non-hydrogen) atoms. The number of carbonyl (C=O) groups excluding carboxylic acids is 1. The first-order chi connectivity index (χ1) is 9.72. The van der Waals surface area contributed by atoms with Gasteiger partial charge in [-0.25, -0.2) is 0 Å². The minimum absolute atomic E-state index is 0. The molecule has 1 fully saturated rings. The van der Waals surface area contributed by atoms with Crippen LogP contribution < -0.4 is 10.1 Å². The number of carbonyl (C=O) groups is 1. The first-order valence-electron chi connectivity index (χ1n) is 6.95. The number of rotatable bonds is 5. The molecular weight excluding hydrogens is 308 g/mol. The number of amides is 1. The fraction of sp³-hybridized carbons (Fsp3) is 0.533. The molecule has 1 unspecified atom stereocenters. The smallest absolute Gasteiger partial charge is 0.232 e. The Bertz CT molecular complexity index is 459. The average molecular weight is 331 g/mol. The standard InChI is InChI=1S/C15H22N2O2S.ClH/c1-16-12-5-4-8-17(10-12)15(18)11-20-14-7-3-6-13(9-14)19-2;/h3,6-7,9,12,16H,4-5,8,10-11H2,1-2H3;1H. The summed E-state index contributed by atoms with van der Waals surface area (Å²) in [6.45, 7) is 1.71. The lowest BCUT2D eigenvalue weighted by Gasteiger charge is -2.32. The summed E-state index contributed by atoms with van der Waals surface area (Å²) in [4.78, 5) is 15.3. The molecule has 4 nitrogen and oxygen atoms in total. The first kappa shape index (κ1) is 18.1. The molecule has 1 N–H and O–H groups in total. The molecule has 1 aliphatic rings. The molecule has 0 aliphatic carbocycles. The number of thioether (sulfide) groups is 1. The average Bonchev–Trinajstić information content (AvgIpc) is 2.52. The molecule has 1 amide bonds. The van der Waals surface area contributed by atoms with E-state index >= 15 is 0 Å². The van der Waals surface area contributed by atoms with Crippen LogP contribution in [0.2, 0.25) is 0 Å². The quantitative estimate of drug-likeness (QED) is 0.842. The Morgan fingerprint density at radius 3 is 3.05 bits per heavy atom. The highest BCUT2D eigenvalue weighted by Gasteiger charge is 2.22. The number of piperidine rings is 1. The minimum Gasteiger partial charge on any atom is -0.497 e. The number of hydrogen-bond donors (Lipinski definition) is 1. The zero-order valence-electron chi connectivity index (χ0n) is 12.5. The third-order valence-electron chi connectivity index (χ3n) is 3.59. The van der Waals surface area contributed by atoms with Gasteiger partial charge in [-0.1, -0.05) is 6.07 Å². The number of benzene rings is 1. The number of hydrogen-bond acceptors (Lipinski definition) is 4. The van der Waals surface area contributed by atoms with Crippen LogP contribution in [-0.2, 0) is 4.79 Å². The van der Waals surface area contributed by atoms with E-state index in [1.807, 2.05) is 36.2 Å². The Hall–Kier alpha value is -0.910. The lowest BCUT2D eigenvalue weighted by molar-refractivity contribution is -0.129. The molecule has 1 atom stereocenters. The van der Waals surface area contributed by atoms with Crippen molar-refractivity contribution in [2.75, 3.05) is 33.0 Å². The van der Waals surface area contributed by atoms with Crippen LogP contribution in [0.3, 0.4) is 0 Å². The maximum Gasteiger partial charge on any atom is 0.232 e. The third-order valence-corrected chi connectivity index (χ3v) is 4.56. The van der Waals surface area contributed by atoms with E-state index in [-0.39, 0.29) is 18.3 Å². The number of ether oxygens (including phenoxy) is 1. The molecule has 1 heterocycles. The topological polar surface area (TPSA) is 41.6 Å². The summed E-state index contributed by atoms with van der Waals surface area (Å²) in [6.07, 6.45) is 2.24. The van der Waals surface area contributed by atoms with Crippen molar-refractivity contribution in [3.05, 3.63) is 24.3 Å². The zero-order valence-corrected chi connectivity index (χ0v) is 14.1. The van der Waals surface area contributed by atoms with Gasteiger partial charge in [-0.2, -0.15) is 0 Å². The third kappa shape index (κ3) is 5.41. The van der Waals surface area contributed by atoms with E-state index in [9.17, 15) is 4.79 Å². The van der Waals surface area contributed by atoms with Crippen LogP contribution in [-0.4, -0.2) is 49.8 Å². The monoisotopic (exact) mass is 330 g/mol. The van der Waals surface area contributed by atoms with Crippen molar-refractivity contribution in [2.24, 2.45) is 0 Å². The Morgan fingerprint density at radius 2 is 2.33 bits per heavy atom. The number of nitrogens with one attached hydrogen (secondary N) is 1. The van der Waals surface area contributed by atoms with Gasteiger partial charge in [0, 0.05) is 24.0 Å². The van der Waals surface area contributed by atoms with Crippen molar-refractivity contribution < 1.29 is 9.53 Å². The van der Waals surface area contributed by atoms with Gasteiger partial charge in [-0.15, -0.1) is 24.2 Å². The SMILES string of the molecule is CNC1CCCN(C(=O)CSc2cccc(OC)c2)C1.Cl. The van der Waals surface area contributed by atoms with E-state index in [4.69, 9.17) is 4.74 Å². The van der Waals surface area contributed by atoms with Crippen LogP contribution in [0.1, 0.15) is 12.8 Å². The Morgan fingerprint density at radius 1 is 1.52 bits per heavy atom.